The number of hydrogen-bond acceptors (Lipinski definition) is 3. The van der Waals surface area contributed by atoms with Gasteiger partial charge in [0.25, 0.3) is 0 Å². The van der Waals surface area contributed by atoms with Crippen LogP contribution in [0.5, 0.6) is 0 Å². The first kappa shape index (κ1) is 15.0. The maximum Gasteiger partial charge on any atom is 0.335 e. The van der Waals surface area contributed by atoms with Gasteiger partial charge in [-0.1, -0.05) is 0 Å². The molecule has 1 fully saturated rings. The lowest BCUT2D eigenvalue weighted by molar-refractivity contribution is -0.117. The van der Waals surface area contributed by atoms with Crippen molar-refractivity contribution < 1.29 is 14.7 Å². The van der Waals surface area contributed by atoms with Gasteiger partial charge in [-0.2, -0.15) is 0 Å². The summed E-state index contributed by atoms with van der Waals surface area (Å²) in [6.45, 7) is 1.91. The third kappa shape index (κ3) is 4.05. The van der Waals surface area contributed by atoms with Crippen molar-refractivity contribution in [1.29, 1.82) is 0 Å². The molecular formula is C14H17BrN2O3. The van der Waals surface area contributed by atoms with Gasteiger partial charge in [-0.3, -0.25) is 4.79 Å². The zero-order valence-corrected chi connectivity index (χ0v) is 12.6. The predicted octanol–water partition coefficient (Wildman–Crippen LogP) is 2.48. The monoisotopic (exact) mass is 340 g/mol. The van der Waals surface area contributed by atoms with Crippen molar-refractivity contribution in [3.8, 4) is 0 Å². The van der Waals surface area contributed by atoms with E-state index < -0.39 is 5.97 Å². The molecule has 0 bridgehead atoms. The second-order valence-electron chi connectivity index (χ2n) is 4.95. The van der Waals surface area contributed by atoms with E-state index in [0.29, 0.717) is 22.5 Å². The molecule has 1 aliphatic heterocycles. The second-order valence-corrected chi connectivity index (χ2v) is 5.80. The Bertz CT molecular complexity index is 513. The molecule has 0 radical (unpaired) electrons. The summed E-state index contributed by atoms with van der Waals surface area (Å²) >= 11 is 3.32. The summed E-state index contributed by atoms with van der Waals surface area (Å²) in [4.78, 5) is 22.9. The molecule has 2 rings (SSSR count). The summed E-state index contributed by atoms with van der Waals surface area (Å²) in [5.74, 6) is -0.677. The van der Waals surface area contributed by atoms with Gasteiger partial charge < -0.3 is 15.7 Å². The topological polar surface area (TPSA) is 78.4 Å². The Morgan fingerprint density at radius 1 is 1.35 bits per heavy atom. The zero-order valence-electron chi connectivity index (χ0n) is 11.0. The van der Waals surface area contributed by atoms with Gasteiger partial charge in [0, 0.05) is 10.9 Å². The maximum absolute atomic E-state index is 12.0. The van der Waals surface area contributed by atoms with Crippen molar-refractivity contribution >= 4 is 33.5 Å². The fraction of sp³-hybridized carbons (Fsp3) is 0.429. The van der Waals surface area contributed by atoms with Crippen LogP contribution in [-0.2, 0) is 4.79 Å². The molecule has 1 amide bonds. The molecule has 1 aromatic rings. The molecule has 1 aromatic carbocycles. The quantitative estimate of drug-likeness (QED) is 0.786. The van der Waals surface area contributed by atoms with Crippen molar-refractivity contribution in [3.05, 3.63) is 28.2 Å². The van der Waals surface area contributed by atoms with E-state index in [1.54, 1.807) is 6.07 Å². The highest BCUT2D eigenvalue weighted by Crippen LogP contribution is 2.25. The molecule has 0 atom stereocenters. The number of carboxylic acids is 1. The van der Waals surface area contributed by atoms with Crippen LogP contribution in [0.25, 0.3) is 0 Å². The van der Waals surface area contributed by atoms with Crippen LogP contribution in [0.1, 0.15) is 29.6 Å². The first-order chi connectivity index (χ1) is 9.56. The third-order valence-electron chi connectivity index (χ3n) is 3.42. The number of anilines is 1. The molecule has 0 unspecified atom stereocenters. The van der Waals surface area contributed by atoms with Crippen LogP contribution in [0.4, 0.5) is 5.69 Å². The summed E-state index contributed by atoms with van der Waals surface area (Å²) in [6.07, 6.45) is 2.49. The number of carboxylic acid groups (broad SMARTS) is 1. The molecule has 0 saturated carbocycles. The van der Waals surface area contributed by atoms with Gasteiger partial charge in [0.05, 0.1) is 11.3 Å². The molecular weight excluding hydrogens is 324 g/mol. The van der Waals surface area contributed by atoms with Gasteiger partial charge >= 0.3 is 5.97 Å². The van der Waals surface area contributed by atoms with Crippen molar-refractivity contribution in [2.75, 3.05) is 18.4 Å². The Morgan fingerprint density at radius 3 is 2.70 bits per heavy atom. The number of carbonyl (C=O) groups excluding carboxylic acids is 1. The van der Waals surface area contributed by atoms with Crippen LogP contribution in [0.3, 0.4) is 0 Å². The minimum absolute atomic E-state index is 0.0693. The number of halogens is 1. The fourth-order valence-electron chi connectivity index (χ4n) is 2.30. The van der Waals surface area contributed by atoms with Crippen LogP contribution in [-0.4, -0.2) is 30.1 Å². The Balaban J connectivity index is 1.99. The highest BCUT2D eigenvalue weighted by atomic mass is 79.9. The minimum atomic E-state index is -1.01. The molecule has 0 spiro atoms. The van der Waals surface area contributed by atoms with E-state index in [1.807, 2.05) is 0 Å². The molecule has 5 nitrogen and oxygen atoms in total. The lowest BCUT2D eigenvalue weighted by atomic mass is 9.94. The highest BCUT2D eigenvalue weighted by Gasteiger charge is 2.17. The Labute approximate surface area is 125 Å². The predicted molar refractivity (Wildman–Crippen MR) is 79.9 cm³/mol. The minimum Gasteiger partial charge on any atom is -0.478 e. The summed E-state index contributed by atoms with van der Waals surface area (Å²) in [5.41, 5.74) is 0.661. The van der Waals surface area contributed by atoms with Gasteiger partial charge in [-0.15, -0.1) is 0 Å². The number of aromatic carboxylic acids is 1. The summed E-state index contributed by atoms with van der Waals surface area (Å²) in [6, 6.07) is 4.59. The molecule has 3 N–H and O–H groups in total. The normalized spacial score (nSPS) is 15.8. The number of benzene rings is 1. The van der Waals surface area contributed by atoms with Crippen LogP contribution in [0.2, 0.25) is 0 Å². The highest BCUT2D eigenvalue weighted by molar-refractivity contribution is 9.10. The number of rotatable bonds is 4. The standard InChI is InChI=1S/C14H17BrN2O3/c15-11-2-1-10(14(19)20)8-12(11)17-13(18)7-9-3-5-16-6-4-9/h1-2,8-9,16H,3-7H2,(H,17,18)(H,19,20). The van der Waals surface area contributed by atoms with Gasteiger partial charge in [0.2, 0.25) is 5.91 Å². The van der Waals surface area contributed by atoms with Crippen molar-refractivity contribution in [1.82, 2.24) is 5.32 Å². The van der Waals surface area contributed by atoms with E-state index in [-0.39, 0.29) is 11.5 Å². The Morgan fingerprint density at radius 2 is 2.05 bits per heavy atom. The van der Waals surface area contributed by atoms with E-state index in [0.717, 1.165) is 25.9 Å². The van der Waals surface area contributed by atoms with Crippen LogP contribution < -0.4 is 10.6 Å². The average molecular weight is 341 g/mol. The average Bonchev–Trinajstić information content (AvgIpc) is 2.42. The van der Waals surface area contributed by atoms with E-state index in [1.165, 1.54) is 12.1 Å². The van der Waals surface area contributed by atoms with Gasteiger partial charge in [-0.05, 0) is 66.0 Å². The Hall–Kier alpha value is -1.40. The number of hydrogen-bond donors (Lipinski definition) is 3. The van der Waals surface area contributed by atoms with Crippen LogP contribution >= 0.6 is 15.9 Å². The lowest BCUT2D eigenvalue weighted by Crippen LogP contribution is -2.30. The molecule has 1 aliphatic rings. The number of piperidine rings is 1. The molecule has 20 heavy (non-hydrogen) atoms. The molecule has 1 heterocycles. The fourth-order valence-corrected chi connectivity index (χ4v) is 2.65. The maximum atomic E-state index is 12.0. The largest absolute Gasteiger partial charge is 0.478 e. The van der Waals surface area contributed by atoms with E-state index in [2.05, 4.69) is 26.6 Å². The smallest absolute Gasteiger partial charge is 0.335 e. The van der Waals surface area contributed by atoms with Crippen molar-refractivity contribution in [2.45, 2.75) is 19.3 Å². The zero-order chi connectivity index (χ0) is 14.5. The summed E-state index contributed by atoms with van der Waals surface area (Å²) < 4.78 is 0.682. The van der Waals surface area contributed by atoms with E-state index >= 15 is 0 Å². The molecule has 0 aliphatic carbocycles. The molecule has 6 heteroatoms. The Kier molecular flexibility index (Phi) is 5.14. The number of nitrogens with one attached hydrogen (secondary N) is 2. The summed E-state index contributed by atoms with van der Waals surface area (Å²) in [5, 5.41) is 15.0. The lowest BCUT2D eigenvalue weighted by Gasteiger charge is -2.22. The first-order valence-corrected chi connectivity index (χ1v) is 7.39. The van der Waals surface area contributed by atoms with Gasteiger partial charge in [-0.25, -0.2) is 4.79 Å². The number of carbonyl (C=O) groups is 2. The van der Waals surface area contributed by atoms with E-state index in [9.17, 15) is 9.59 Å². The molecule has 1 saturated heterocycles. The molecule has 0 aromatic heterocycles. The third-order valence-corrected chi connectivity index (χ3v) is 4.11. The van der Waals surface area contributed by atoms with Crippen LogP contribution in [0, 0.1) is 5.92 Å². The first-order valence-electron chi connectivity index (χ1n) is 6.59. The van der Waals surface area contributed by atoms with Gasteiger partial charge in [0.1, 0.15) is 0 Å². The van der Waals surface area contributed by atoms with E-state index in [4.69, 9.17) is 5.11 Å². The van der Waals surface area contributed by atoms with Crippen molar-refractivity contribution in [3.63, 3.8) is 0 Å². The van der Waals surface area contributed by atoms with Crippen LogP contribution in [0.15, 0.2) is 22.7 Å². The summed E-state index contributed by atoms with van der Waals surface area (Å²) in [7, 11) is 0. The number of amides is 1. The SMILES string of the molecule is O=C(CC1CCNCC1)Nc1cc(C(=O)O)ccc1Br. The van der Waals surface area contributed by atoms with Crippen molar-refractivity contribution in [2.24, 2.45) is 5.92 Å². The second kappa shape index (κ2) is 6.85. The van der Waals surface area contributed by atoms with Gasteiger partial charge in [0.15, 0.2) is 0 Å². The molecule has 108 valence electrons.